The minimum absolute atomic E-state index is 0.179. The van der Waals surface area contributed by atoms with Gasteiger partial charge in [0.15, 0.2) is 0 Å². The smallest absolute Gasteiger partial charge is 0.342 e. The Bertz CT molecular complexity index is 1740. The molecular formula is C31H26F3N5O. The molecular weight excluding hydrogens is 515 g/mol. The van der Waals surface area contributed by atoms with Crippen LogP contribution in [0.2, 0.25) is 0 Å². The number of carbonyl (C=O) groups excluding carboxylic acids is 1. The number of hydrogen-bond acceptors (Lipinski definition) is 4. The van der Waals surface area contributed by atoms with Gasteiger partial charge < -0.3 is 9.47 Å². The fraction of sp³-hybridized carbons (Fsp3) is 0.290. The van der Waals surface area contributed by atoms with Gasteiger partial charge in [0, 0.05) is 42.7 Å². The van der Waals surface area contributed by atoms with Crippen molar-refractivity contribution in [2.24, 2.45) is 11.8 Å². The molecule has 2 aromatic heterocycles. The largest absolute Gasteiger partial charge is 0.416 e. The maximum Gasteiger partial charge on any atom is 0.416 e. The first kappa shape index (κ1) is 24.7. The van der Waals surface area contributed by atoms with E-state index in [1.807, 2.05) is 51.9 Å². The second-order valence-corrected chi connectivity index (χ2v) is 10.8. The van der Waals surface area contributed by atoms with Gasteiger partial charge in [0.2, 0.25) is 5.91 Å². The van der Waals surface area contributed by atoms with Crippen LogP contribution in [0, 0.1) is 11.8 Å². The fourth-order valence-electron chi connectivity index (χ4n) is 5.72. The van der Waals surface area contributed by atoms with Crippen LogP contribution in [-0.4, -0.2) is 43.4 Å². The molecule has 0 bridgehead atoms. The summed E-state index contributed by atoms with van der Waals surface area (Å²) in [4.78, 5) is 27.6. The summed E-state index contributed by atoms with van der Waals surface area (Å²) in [6.45, 7) is 1.98. The number of amides is 1. The molecule has 2 aliphatic rings. The predicted molar refractivity (Wildman–Crippen MR) is 146 cm³/mol. The third-order valence-corrected chi connectivity index (χ3v) is 8.02. The lowest BCUT2D eigenvalue weighted by molar-refractivity contribution is -0.137. The molecule has 0 radical (unpaired) electrons. The highest BCUT2D eigenvalue weighted by atomic mass is 19.4. The minimum atomic E-state index is -4.44. The minimum Gasteiger partial charge on any atom is -0.342 e. The lowest BCUT2D eigenvalue weighted by Gasteiger charge is -2.18. The zero-order chi connectivity index (χ0) is 27.4. The average Bonchev–Trinajstić information content (AvgIpc) is 3.61. The van der Waals surface area contributed by atoms with Crippen LogP contribution >= 0.6 is 0 Å². The van der Waals surface area contributed by atoms with Crippen molar-refractivity contribution in [1.82, 2.24) is 24.4 Å². The average molecular weight is 542 g/mol. The number of halogens is 3. The molecule has 1 aliphatic carbocycles. The SMILES string of the molecule is O=C(C1CC1)N1CC[C@H](Cn2c(-c3ccc(-c4ccc5ncncc5c4)cc3)nc3cc(C(F)(F)F)ccc32)C1. The number of fused-ring (bicyclic) bond motifs is 2. The Labute approximate surface area is 228 Å². The van der Waals surface area contributed by atoms with E-state index >= 15 is 0 Å². The third kappa shape index (κ3) is 4.59. The van der Waals surface area contributed by atoms with Gasteiger partial charge in [-0.2, -0.15) is 13.2 Å². The number of alkyl halides is 3. The van der Waals surface area contributed by atoms with Gasteiger partial charge in [-0.25, -0.2) is 15.0 Å². The zero-order valence-electron chi connectivity index (χ0n) is 21.6. The molecule has 1 atom stereocenters. The van der Waals surface area contributed by atoms with Crippen molar-refractivity contribution < 1.29 is 18.0 Å². The van der Waals surface area contributed by atoms with Gasteiger partial charge in [-0.05, 0) is 66.6 Å². The topological polar surface area (TPSA) is 63.9 Å². The van der Waals surface area contributed by atoms with Crippen molar-refractivity contribution in [2.75, 3.05) is 13.1 Å². The molecule has 7 rings (SSSR count). The van der Waals surface area contributed by atoms with E-state index in [-0.39, 0.29) is 17.7 Å². The van der Waals surface area contributed by atoms with Gasteiger partial charge in [-0.15, -0.1) is 0 Å². The Kier molecular flexibility index (Phi) is 5.83. The molecule has 5 aromatic rings. The summed E-state index contributed by atoms with van der Waals surface area (Å²) in [5.41, 5.74) is 3.97. The summed E-state index contributed by atoms with van der Waals surface area (Å²) < 4.78 is 42.5. The van der Waals surface area contributed by atoms with Crippen molar-refractivity contribution >= 4 is 27.8 Å². The van der Waals surface area contributed by atoms with E-state index in [4.69, 9.17) is 4.98 Å². The number of aromatic nitrogens is 4. The standard InChI is InChI=1S/C31H26F3N5O/c32-31(33,34)25-8-10-28-27(14-25)37-29(39(28)17-19-11-12-38(16-19)30(40)22-5-6-22)21-3-1-20(2-4-21)23-7-9-26-24(13-23)15-35-18-36-26/h1-4,7-10,13-15,18-19,22H,5-6,11-12,16-17H2/t19-/m0/s1. The highest BCUT2D eigenvalue weighted by Gasteiger charge is 2.37. The van der Waals surface area contributed by atoms with Crippen molar-refractivity contribution in [3.63, 3.8) is 0 Å². The van der Waals surface area contributed by atoms with Gasteiger partial charge in [-0.1, -0.05) is 30.3 Å². The molecule has 202 valence electrons. The Morgan fingerprint density at radius 2 is 1.68 bits per heavy atom. The van der Waals surface area contributed by atoms with Gasteiger partial charge in [0.05, 0.1) is 22.1 Å². The summed E-state index contributed by atoms with van der Waals surface area (Å²) in [5.74, 6) is 1.25. The molecule has 6 nitrogen and oxygen atoms in total. The molecule has 3 heterocycles. The highest BCUT2D eigenvalue weighted by Crippen LogP contribution is 2.36. The number of imidazole rings is 1. The van der Waals surface area contributed by atoms with Crippen molar-refractivity contribution in [3.05, 3.63) is 78.8 Å². The third-order valence-electron chi connectivity index (χ3n) is 8.02. The fourth-order valence-corrected chi connectivity index (χ4v) is 5.72. The lowest BCUT2D eigenvalue weighted by Crippen LogP contribution is -2.30. The zero-order valence-corrected chi connectivity index (χ0v) is 21.6. The van der Waals surface area contributed by atoms with Crippen LogP contribution in [0.25, 0.3) is 44.5 Å². The molecule has 1 aliphatic heterocycles. The van der Waals surface area contributed by atoms with Crippen molar-refractivity contribution in [3.8, 4) is 22.5 Å². The Hall–Kier alpha value is -4.27. The molecule has 3 aromatic carbocycles. The van der Waals surface area contributed by atoms with Crippen LogP contribution in [0.3, 0.4) is 0 Å². The van der Waals surface area contributed by atoms with E-state index < -0.39 is 11.7 Å². The molecule has 0 N–H and O–H groups in total. The van der Waals surface area contributed by atoms with Crippen LogP contribution < -0.4 is 0 Å². The van der Waals surface area contributed by atoms with Crippen LogP contribution in [0.1, 0.15) is 24.8 Å². The maximum atomic E-state index is 13.5. The number of carbonyl (C=O) groups is 1. The Morgan fingerprint density at radius 1 is 0.900 bits per heavy atom. The van der Waals surface area contributed by atoms with Crippen molar-refractivity contribution in [1.29, 1.82) is 0 Å². The number of likely N-dealkylation sites (tertiary alicyclic amines) is 1. The lowest BCUT2D eigenvalue weighted by atomic mass is 10.0. The van der Waals surface area contributed by atoms with Gasteiger partial charge in [0.25, 0.3) is 0 Å². The van der Waals surface area contributed by atoms with E-state index in [2.05, 4.69) is 9.97 Å². The van der Waals surface area contributed by atoms with Crippen LogP contribution in [0.4, 0.5) is 13.2 Å². The quantitative estimate of drug-likeness (QED) is 0.252. The van der Waals surface area contributed by atoms with Crippen LogP contribution in [-0.2, 0) is 17.5 Å². The summed E-state index contributed by atoms with van der Waals surface area (Å²) in [6, 6.07) is 17.7. The first-order valence-corrected chi connectivity index (χ1v) is 13.5. The number of rotatable bonds is 5. The summed E-state index contributed by atoms with van der Waals surface area (Å²) >= 11 is 0. The molecule has 2 fully saturated rings. The molecule has 1 saturated carbocycles. The van der Waals surface area contributed by atoms with Crippen LogP contribution in [0.5, 0.6) is 0 Å². The molecule has 0 spiro atoms. The molecule has 1 saturated heterocycles. The first-order valence-electron chi connectivity index (χ1n) is 13.5. The summed E-state index contributed by atoms with van der Waals surface area (Å²) in [7, 11) is 0. The number of benzene rings is 3. The van der Waals surface area contributed by atoms with Crippen LogP contribution in [0.15, 0.2) is 73.2 Å². The molecule has 9 heteroatoms. The van der Waals surface area contributed by atoms with Crippen molar-refractivity contribution in [2.45, 2.75) is 32.0 Å². The van der Waals surface area contributed by atoms with E-state index in [1.54, 1.807) is 6.20 Å². The maximum absolute atomic E-state index is 13.5. The second-order valence-electron chi connectivity index (χ2n) is 10.8. The van der Waals surface area contributed by atoms with E-state index in [1.165, 1.54) is 12.4 Å². The molecule has 0 unspecified atom stereocenters. The summed E-state index contributed by atoms with van der Waals surface area (Å²) in [5, 5.41) is 0.942. The first-order chi connectivity index (χ1) is 19.3. The predicted octanol–water partition coefficient (Wildman–Crippen LogP) is 6.59. The van der Waals surface area contributed by atoms with Gasteiger partial charge in [0.1, 0.15) is 12.2 Å². The van der Waals surface area contributed by atoms with Gasteiger partial charge >= 0.3 is 6.18 Å². The normalized spacial score (nSPS) is 17.7. The highest BCUT2D eigenvalue weighted by molar-refractivity contribution is 5.85. The van der Waals surface area contributed by atoms with E-state index in [0.29, 0.717) is 29.9 Å². The Morgan fingerprint density at radius 3 is 2.45 bits per heavy atom. The number of nitrogens with zero attached hydrogens (tertiary/aromatic N) is 5. The van der Waals surface area contributed by atoms with Gasteiger partial charge in [-0.3, -0.25) is 4.79 Å². The van der Waals surface area contributed by atoms with E-state index in [0.717, 1.165) is 65.5 Å². The summed E-state index contributed by atoms with van der Waals surface area (Å²) in [6.07, 6.45) is 1.67. The molecule has 1 amide bonds. The molecule has 40 heavy (non-hydrogen) atoms. The Balaban J connectivity index is 1.23. The number of hydrogen-bond donors (Lipinski definition) is 0. The second kappa shape index (κ2) is 9.43. The van der Waals surface area contributed by atoms with E-state index in [9.17, 15) is 18.0 Å². The monoisotopic (exact) mass is 541 g/mol.